The molecule has 2 rings (SSSR count). The van der Waals surface area contributed by atoms with Crippen LogP contribution >= 0.6 is 0 Å². The summed E-state index contributed by atoms with van der Waals surface area (Å²) >= 11 is 0. The number of nitrogens with one attached hydrogen (secondary N) is 2. The average Bonchev–Trinajstić information content (AvgIpc) is 2.62. The van der Waals surface area contributed by atoms with Crippen molar-refractivity contribution < 1.29 is 19.1 Å². The molecule has 1 fully saturated rings. The second-order valence-electron chi connectivity index (χ2n) is 6.03. The van der Waals surface area contributed by atoms with E-state index in [4.69, 9.17) is 4.74 Å². The molecule has 7 heteroatoms. The van der Waals surface area contributed by atoms with Gasteiger partial charge in [-0.25, -0.2) is 0 Å². The van der Waals surface area contributed by atoms with Crippen LogP contribution in [0.15, 0.2) is 24.3 Å². The number of hydrogen-bond donors (Lipinski definition) is 2. The highest BCUT2D eigenvalue weighted by molar-refractivity contribution is 5.96. The van der Waals surface area contributed by atoms with E-state index in [0.29, 0.717) is 24.4 Å². The summed E-state index contributed by atoms with van der Waals surface area (Å²) in [7, 11) is 1.57. The largest absolute Gasteiger partial charge is 0.466 e. The van der Waals surface area contributed by atoms with Gasteiger partial charge in [0.1, 0.15) is 0 Å². The monoisotopic (exact) mass is 347 g/mol. The van der Waals surface area contributed by atoms with Gasteiger partial charge >= 0.3 is 5.97 Å². The molecule has 2 amide bonds. The van der Waals surface area contributed by atoms with Gasteiger partial charge in [-0.05, 0) is 50.6 Å². The Hall–Kier alpha value is -2.41. The molecule has 0 aliphatic carbocycles. The maximum Gasteiger partial charge on any atom is 0.310 e. The van der Waals surface area contributed by atoms with Crippen LogP contribution in [0, 0.1) is 5.92 Å². The third-order valence-electron chi connectivity index (χ3n) is 4.15. The number of rotatable bonds is 6. The van der Waals surface area contributed by atoms with Crippen LogP contribution in [0.1, 0.15) is 30.1 Å². The van der Waals surface area contributed by atoms with E-state index in [9.17, 15) is 14.4 Å². The zero-order chi connectivity index (χ0) is 18.2. The molecule has 1 aromatic rings. The molecule has 1 aromatic carbocycles. The average molecular weight is 347 g/mol. The van der Waals surface area contributed by atoms with E-state index in [-0.39, 0.29) is 30.2 Å². The van der Waals surface area contributed by atoms with Crippen LogP contribution in [-0.4, -0.2) is 56.0 Å². The molecule has 1 heterocycles. The number of ether oxygens (including phenoxy) is 1. The van der Waals surface area contributed by atoms with Crippen LogP contribution < -0.4 is 10.6 Å². The Balaban J connectivity index is 1.85. The topological polar surface area (TPSA) is 87.7 Å². The lowest BCUT2D eigenvalue weighted by Crippen LogP contribution is -2.43. The van der Waals surface area contributed by atoms with Crippen molar-refractivity contribution in [2.75, 3.05) is 38.6 Å². The molecule has 1 atom stereocenters. The number of esters is 1. The number of carbonyl (C=O) groups excluding carboxylic acids is 3. The van der Waals surface area contributed by atoms with E-state index in [2.05, 4.69) is 10.6 Å². The molecule has 1 saturated heterocycles. The van der Waals surface area contributed by atoms with E-state index >= 15 is 0 Å². The molecule has 0 radical (unpaired) electrons. The van der Waals surface area contributed by atoms with Crippen molar-refractivity contribution in [1.82, 2.24) is 10.2 Å². The second-order valence-corrected chi connectivity index (χ2v) is 6.03. The molecule has 0 bridgehead atoms. The summed E-state index contributed by atoms with van der Waals surface area (Å²) in [5, 5.41) is 5.36. The molecule has 0 unspecified atom stereocenters. The highest BCUT2D eigenvalue weighted by Crippen LogP contribution is 2.18. The Morgan fingerprint density at radius 2 is 1.96 bits per heavy atom. The lowest BCUT2D eigenvalue weighted by Gasteiger charge is -2.30. The summed E-state index contributed by atoms with van der Waals surface area (Å²) in [5.74, 6) is -0.654. The molecular weight excluding hydrogens is 322 g/mol. The molecule has 1 aliphatic rings. The number of anilines is 1. The lowest BCUT2D eigenvalue weighted by atomic mass is 9.98. The summed E-state index contributed by atoms with van der Waals surface area (Å²) in [6, 6.07) is 6.71. The molecule has 1 aliphatic heterocycles. The fourth-order valence-corrected chi connectivity index (χ4v) is 2.90. The minimum atomic E-state index is -0.183. The first-order valence-electron chi connectivity index (χ1n) is 8.54. The van der Waals surface area contributed by atoms with Gasteiger partial charge in [0.2, 0.25) is 5.91 Å². The predicted octanol–water partition coefficient (Wildman–Crippen LogP) is 1.26. The van der Waals surface area contributed by atoms with E-state index in [1.54, 1.807) is 38.2 Å². The Labute approximate surface area is 147 Å². The fraction of sp³-hybridized carbons (Fsp3) is 0.500. The Kier molecular flexibility index (Phi) is 6.94. The quantitative estimate of drug-likeness (QED) is 0.757. The van der Waals surface area contributed by atoms with Crippen LogP contribution in [0.4, 0.5) is 5.69 Å². The van der Waals surface area contributed by atoms with Crippen molar-refractivity contribution in [2.45, 2.75) is 19.8 Å². The summed E-state index contributed by atoms with van der Waals surface area (Å²) in [4.78, 5) is 37.5. The van der Waals surface area contributed by atoms with Gasteiger partial charge in [0, 0.05) is 24.8 Å². The minimum Gasteiger partial charge on any atom is -0.466 e. The number of piperidine rings is 1. The summed E-state index contributed by atoms with van der Waals surface area (Å²) < 4.78 is 5.07. The number of nitrogens with zero attached hydrogens (tertiary/aromatic N) is 1. The number of likely N-dealkylation sites (tertiary alicyclic amines) is 1. The zero-order valence-electron chi connectivity index (χ0n) is 14.7. The van der Waals surface area contributed by atoms with E-state index in [1.165, 1.54) is 0 Å². The predicted molar refractivity (Wildman–Crippen MR) is 94.3 cm³/mol. The van der Waals surface area contributed by atoms with Crippen molar-refractivity contribution in [2.24, 2.45) is 5.92 Å². The third kappa shape index (κ3) is 5.56. The number of carbonyl (C=O) groups is 3. The van der Waals surface area contributed by atoms with Crippen LogP contribution in [0.5, 0.6) is 0 Å². The van der Waals surface area contributed by atoms with Gasteiger partial charge in [-0.15, -0.1) is 0 Å². The fourth-order valence-electron chi connectivity index (χ4n) is 2.90. The third-order valence-corrected chi connectivity index (χ3v) is 4.15. The number of hydrogen-bond acceptors (Lipinski definition) is 5. The smallest absolute Gasteiger partial charge is 0.310 e. The van der Waals surface area contributed by atoms with Crippen molar-refractivity contribution in [3.05, 3.63) is 29.8 Å². The SMILES string of the molecule is CCOC(=O)[C@@H]1CCCN(CC(=O)Nc2ccc(C(=O)NC)cc2)C1. The summed E-state index contributed by atoms with van der Waals surface area (Å²) in [5.41, 5.74) is 1.17. The van der Waals surface area contributed by atoms with Gasteiger partial charge in [-0.1, -0.05) is 0 Å². The van der Waals surface area contributed by atoms with Gasteiger partial charge in [0.25, 0.3) is 5.91 Å². The van der Waals surface area contributed by atoms with Gasteiger partial charge in [-0.3, -0.25) is 19.3 Å². The zero-order valence-corrected chi connectivity index (χ0v) is 14.7. The molecule has 7 nitrogen and oxygen atoms in total. The van der Waals surface area contributed by atoms with Crippen molar-refractivity contribution in [3.8, 4) is 0 Å². The lowest BCUT2D eigenvalue weighted by molar-refractivity contribution is -0.150. The van der Waals surface area contributed by atoms with Gasteiger partial charge in [0.15, 0.2) is 0 Å². The first-order valence-corrected chi connectivity index (χ1v) is 8.54. The maximum absolute atomic E-state index is 12.2. The molecular formula is C18H25N3O4. The highest BCUT2D eigenvalue weighted by atomic mass is 16.5. The maximum atomic E-state index is 12.2. The molecule has 136 valence electrons. The van der Waals surface area contributed by atoms with Crippen LogP contribution in [0.25, 0.3) is 0 Å². The van der Waals surface area contributed by atoms with Crippen molar-refractivity contribution >= 4 is 23.5 Å². The van der Waals surface area contributed by atoms with Gasteiger partial charge in [0.05, 0.1) is 19.1 Å². The number of benzene rings is 1. The van der Waals surface area contributed by atoms with Gasteiger partial charge in [-0.2, -0.15) is 0 Å². The minimum absolute atomic E-state index is 0.141. The van der Waals surface area contributed by atoms with E-state index in [1.807, 2.05) is 4.90 Å². The first-order chi connectivity index (χ1) is 12.0. The van der Waals surface area contributed by atoms with E-state index in [0.717, 1.165) is 19.4 Å². The number of amides is 2. The molecule has 0 aromatic heterocycles. The van der Waals surface area contributed by atoms with Crippen LogP contribution in [-0.2, 0) is 14.3 Å². The molecule has 0 spiro atoms. The van der Waals surface area contributed by atoms with E-state index < -0.39 is 0 Å². The highest BCUT2D eigenvalue weighted by Gasteiger charge is 2.27. The Bertz CT molecular complexity index is 615. The summed E-state index contributed by atoms with van der Waals surface area (Å²) in [6.07, 6.45) is 1.68. The van der Waals surface area contributed by atoms with Crippen molar-refractivity contribution in [1.29, 1.82) is 0 Å². The van der Waals surface area contributed by atoms with Crippen LogP contribution in [0.2, 0.25) is 0 Å². The molecule has 25 heavy (non-hydrogen) atoms. The normalized spacial score (nSPS) is 17.6. The standard InChI is InChI=1S/C18H25N3O4/c1-3-25-18(24)14-5-4-10-21(11-14)12-16(22)20-15-8-6-13(7-9-15)17(23)19-2/h6-9,14H,3-5,10-12H2,1-2H3,(H,19,23)(H,20,22)/t14-/m1/s1. The Morgan fingerprint density at radius 3 is 2.60 bits per heavy atom. The molecule has 2 N–H and O–H groups in total. The first kappa shape index (κ1) is 18.9. The molecule has 0 saturated carbocycles. The van der Waals surface area contributed by atoms with Crippen LogP contribution in [0.3, 0.4) is 0 Å². The summed E-state index contributed by atoms with van der Waals surface area (Å²) in [6.45, 7) is 3.73. The van der Waals surface area contributed by atoms with Crippen molar-refractivity contribution in [3.63, 3.8) is 0 Å². The van der Waals surface area contributed by atoms with Gasteiger partial charge < -0.3 is 15.4 Å². The Morgan fingerprint density at radius 1 is 1.24 bits per heavy atom. The second kappa shape index (κ2) is 9.17.